The Labute approximate surface area is 185 Å². The number of piperidine rings is 1. The van der Waals surface area contributed by atoms with Crippen LogP contribution in [0.25, 0.3) is 0 Å². The quantitative estimate of drug-likeness (QED) is 0.735. The third-order valence-electron chi connectivity index (χ3n) is 7.36. The van der Waals surface area contributed by atoms with E-state index in [1.54, 1.807) is 0 Å². The molecule has 1 aromatic carbocycles. The van der Waals surface area contributed by atoms with E-state index in [0.717, 1.165) is 25.9 Å². The molecule has 4 rings (SSSR count). The van der Waals surface area contributed by atoms with Crippen molar-refractivity contribution >= 4 is 11.8 Å². The molecule has 2 amide bonds. The number of aryl methyl sites for hydroxylation is 1. The van der Waals surface area contributed by atoms with Crippen LogP contribution >= 0.6 is 0 Å². The van der Waals surface area contributed by atoms with Gasteiger partial charge < -0.3 is 15.3 Å². The van der Waals surface area contributed by atoms with Gasteiger partial charge in [-0.3, -0.25) is 19.4 Å². The van der Waals surface area contributed by atoms with Gasteiger partial charge in [0.2, 0.25) is 11.8 Å². The number of aliphatic hydroxyl groups excluding tert-OH is 1. The fourth-order valence-electron chi connectivity index (χ4n) is 5.32. The lowest BCUT2D eigenvalue weighted by atomic mass is 10.0. The number of likely N-dealkylation sites (tertiary alicyclic amines) is 2. The van der Waals surface area contributed by atoms with Crippen LogP contribution in [0.3, 0.4) is 0 Å². The van der Waals surface area contributed by atoms with Gasteiger partial charge in [0.15, 0.2) is 0 Å². The summed E-state index contributed by atoms with van der Waals surface area (Å²) in [4.78, 5) is 32.1. The molecule has 0 aromatic heterocycles. The Morgan fingerprint density at radius 1 is 1.13 bits per heavy atom. The normalized spacial score (nSPS) is 28.3. The zero-order valence-corrected chi connectivity index (χ0v) is 18.8. The molecule has 7 nitrogen and oxygen atoms in total. The van der Waals surface area contributed by atoms with Gasteiger partial charge in [0.05, 0.1) is 6.10 Å². The standard InChI is InChI=1S/C24H36N4O3/c1-17-3-5-18(6-4-17)16-28-14-11-21-23(28)24(31)25-15-19(26(21)2)7-8-22(30)27-12-9-20(29)10-13-27/h3-6,19-21,23,29H,7-16H2,1-2H3,(H,25,31)/t19-,21+,23-/m0/s1. The zero-order chi connectivity index (χ0) is 22.0. The number of benzene rings is 1. The van der Waals surface area contributed by atoms with Crippen molar-refractivity contribution in [3.63, 3.8) is 0 Å². The Hall–Kier alpha value is -1.96. The van der Waals surface area contributed by atoms with Crippen LogP contribution in [0, 0.1) is 6.92 Å². The number of nitrogens with zero attached hydrogens (tertiary/aromatic N) is 3. The van der Waals surface area contributed by atoms with Crippen molar-refractivity contribution in [2.45, 2.75) is 69.8 Å². The van der Waals surface area contributed by atoms with Crippen LogP contribution in [0.4, 0.5) is 0 Å². The lowest BCUT2D eigenvalue weighted by Gasteiger charge is -2.34. The molecule has 170 valence electrons. The third kappa shape index (κ3) is 5.10. The molecule has 0 radical (unpaired) electrons. The van der Waals surface area contributed by atoms with Gasteiger partial charge in [0.25, 0.3) is 0 Å². The molecular formula is C24H36N4O3. The average Bonchev–Trinajstić information content (AvgIpc) is 3.13. The molecule has 3 heterocycles. The minimum atomic E-state index is -0.269. The van der Waals surface area contributed by atoms with Gasteiger partial charge in [0, 0.05) is 51.2 Å². The molecular weight excluding hydrogens is 392 g/mol. The van der Waals surface area contributed by atoms with Crippen LogP contribution in [0.5, 0.6) is 0 Å². The molecule has 1 aromatic rings. The van der Waals surface area contributed by atoms with Crippen LogP contribution < -0.4 is 5.32 Å². The number of carbonyl (C=O) groups is 2. The lowest BCUT2D eigenvalue weighted by molar-refractivity contribution is -0.133. The SMILES string of the molecule is Cc1ccc(CN2CC[C@@H]3[C@H]2C(=O)NC[C@H](CCC(=O)N2CCC(O)CC2)N3C)cc1. The van der Waals surface area contributed by atoms with Crippen molar-refractivity contribution in [1.82, 2.24) is 20.0 Å². The van der Waals surface area contributed by atoms with Crippen LogP contribution in [0.15, 0.2) is 24.3 Å². The first-order chi connectivity index (χ1) is 14.9. The summed E-state index contributed by atoms with van der Waals surface area (Å²) in [5, 5.41) is 12.8. The molecule has 0 bridgehead atoms. The van der Waals surface area contributed by atoms with Crippen molar-refractivity contribution in [2.24, 2.45) is 0 Å². The summed E-state index contributed by atoms with van der Waals surface area (Å²) >= 11 is 0. The Balaban J connectivity index is 1.35. The Kier molecular flexibility index (Phi) is 6.94. The van der Waals surface area contributed by atoms with E-state index in [9.17, 15) is 14.7 Å². The summed E-state index contributed by atoms with van der Waals surface area (Å²) in [5.74, 6) is 0.278. The molecule has 3 fully saturated rings. The van der Waals surface area contributed by atoms with E-state index in [1.807, 2.05) is 4.90 Å². The fraction of sp³-hybridized carbons (Fsp3) is 0.667. The molecule has 0 saturated carbocycles. The predicted molar refractivity (Wildman–Crippen MR) is 119 cm³/mol. The number of hydrogen-bond donors (Lipinski definition) is 2. The predicted octanol–water partition coefficient (Wildman–Crippen LogP) is 1.13. The summed E-state index contributed by atoms with van der Waals surface area (Å²) in [6, 6.07) is 8.74. The number of amides is 2. The van der Waals surface area contributed by atoms with Crippen LogP contribution in [-0.2, 0) is 16.1 Å². The molecule has 2 N–H and O–H groups in total. The summed E-state index contributed by atoms with van der Waals surface area (Å²) in [7, 11) is 2.11. The van der Waals surface area contributed by atoms with E-state index in [-0.39, 0.29) is 36.0 Å². The summed E-state index contributed by atoms with van der Waals surface area (Å²) in [6.45, 7) is 5.66. The third-order valence-corrected chi connectivity index (χ3v) is 7.36. The molecule has 0 aliphatic carbocycles. The highest BCUT2D eigenvalue weighted by molar-refractivity contribution is 5.83. The highest BCUT2D eigenvalue weighted by atomic mass is 16.3. The molecule has 0 unspecified atom stereocenters. The number of nitrogens with one attached hydrogen (secondary N) is 1. The maximum Gasteiger partial charge on any atom is 0.239 e. The number of likely N-dealkylation sites (N-methyl/N-ethyl adjacent to an activating group) is 1. The van der Waals surface area contributed by atoms with Gasteiger partial charge in [-0.05, 0) is 45.2 Å². The summed E-state index contributed by atoms with van der Waals surface area (Å²) in [5.41, 5.74) is 2.48. The van der Waals surface area contributed by atoms with Crippen molar-refractivity contribution in [2.75, 3.05) is 33.2 Å². The van der Waals surface area contributed by atoms with Crippen molar-refractivity contribution < 1.29 is 14.7 Å². The second kappa shape index (κ2) is 9.67. The molecule has 0 spiro atoms. The first-order valence-corrected chi connectivity index (χ1v) is 11.7. The Morgan fingerprint density at radius 3 is 2.55 bits per heavy atom. The van der Waals surface area contributed by atoms with Gasteiger partial charge in [-0.25, -0.2) is 0 Å². The lowest BCUT2D eigenvalue weighted by Crippen LogP contribution is -2.49. The summed E-state index contributed by atoms with van der Waals surface area (Å²) < 4.78 is 0. The molecule has 3 aliphatic rings. The van der Waals surface area contributed by atoms with Gasteiger partial charge in [-0.1, -0.05) is 29.8 Å². The number of carbonyl (C=O) groups excluding carboxylic acids is 2. The molecule has 31 heavy (non-hydrogen) atoms. The number of hydrogen-bond acceptors (Lipinski definition) is 5. The number of rotatable bonds is 5. The van der Waals surface area contributed by atoms with Gasteiger partial charge in [-0.2, -0.15) is 0 Å². The maximum atomic E-state index is 13.0. The van der Waals surface area contributed by atoms with Gasteiger partial charge >= 0.3 is 0 Å². The van der Waals surface area contributed by atoms with Gasteiger partial charge in [0.1, 0.15) is 6.04 Å². The minimum Gasteiger partial charge on any atom is -0.393 e. The van der Waals surface area contributed by atoms with Crippen molar-refractivity contribution in [3.8, 4) is 0 Å². The number of aliphatic hydroxyl groups is 1. The minimum absolute atomic E-state index is 0.111. The van der Waals surface area contributed by atoms with E-state index >= 15 is 0 Å². The fourth-order valence-corrected chi connectivity index (χ4v) is 5.32. The average molecular weight is 429 g/mol. The maximum absolute atomic E-state index is 13.0. The van der Waals surface area contributed by atoms with E-state index in [2.05, 4.69) is 53.4 Å². The molecule has 3 aliphatic heterocycles. The van der Waals surface area contributed by atoms with Crippen LogP contribution in [0.1, 0.15) is 43.2 Å². The van der Waals surface area contributed by atoms with Crippen molar-refractivity contribution in [3.05, 3.63) is 35.4 Å². The van der Waals surface area contributed by atoms with E-state index in [0.29, 0.717) is 38.9 Å². The van der Waals surface area contributed by atoms with Crippen LogP contribution in [-0.4, -0.2) is 89.1 Å². The smallest absolute Gasteiger partial charge is 0.239 e. The van der Waals surface area contributed by atoms with E-state index < -0.39 is 0 Å². The Morgan fingerprint density at radius 2 is 1.84 bits per heavy atom. The first kappa shape index (κ1) is 22.2. The molecule has 3 atom stereocenters. The van der Waals surface area contributed by atoms with Gasteiger partial charge in [-0.15, -0.1) is 0 Å². The number of fused-ring (bicyclic) bond motifs is 1. The van der Waals surface area contributed by atoms with Crippen LogP contribution in [0.2, 0.25) is 0 Å². The highest BCUT2D eigenvalue weighted by Gasteiger charge is 2.45. The largest absolute Gasteiger partial charge is 0.393 e. The second-order valence-electron chi connectivity index (χ2n) is 9.47. The topological polar surface area (TPSA) is 76.1 Å². The summed E-state index contributed by atoms with van der Waals surface area (Å²) in [6.07, 6.45) is 3.28. The second-order valence-corrected chi connectivity index (χ2v) is 9.47. The monoisotopic (exact) mass is 428 g/mol. The highest BCUT2D eigenvalue weighted by Crippen LogP contribution is 2.29. The van der Waals surface area contributed by atoms with E-state index in [4.69, 9.17) is 0 Å². The van der Waals surface area contributed by atoms with Crippen molar-refractivity contribution in [1.29, 1.82) is 0 Å². The Bertz CT molecular complexity index is 776. The first-order valence-electron chi connectivity index (χ1n) is 11.7. The molecule has 3 saturated heterocycles. The molecule has 7 heteroatoms. The zero-order valence-electron chi connectivity index (χ0n) is 18.8. The van der Waals surface area contributed by atoms with E-state index in [1.165, 1.54) is 11.1 Å².